The van der Waals surface area contributed by atoms with E-state index in [-0.39, 0.29) is 30.0 Å². The molecule has 7 heteroatoms. The Balaban J connectivity index is 1.66. The molecular formula is C19H24N4O3. The summed E-state index contributed by atoms with van der Waals surface area (Å²) in [6.07, 6.45) is 7.62. The summed E-state index contributed by atoms with van der Waals surface area (Å²) in [6, 6.07) is 1.83. The first kappa shape index (κ1) is 17.0. The van der Waals surface area contributed by atoms with Crippen LogP contribution in [0.1, 0.15) is 72.6 Å². The zero-order valence-electron chi connectivity index (χ0n) is 15.0. The van der Waals surface area contributed by atoms with Crippen molar-refractivity contribution in [1.29, 1.82) is 0 Å². The van der Waals surface area contributed by atoms with Gasteiger partial charge in [-0.3, -0.25) is 4.79 Å². The number of carbonyl (C=O) groups is 2. The average Bonchev–Trinajstić information content (AvgIpc) is 3.39. The van der Waals surface area contributed by atoms with Crippen LogP contribution in [-0.2, 0) is 11.3 Å². The summed E-state index contributed by atoms with van der Waals surface area (Å²) in [6.45, 7) is 1.84. The van der Waals surface area contributed by atoms with Crippen molar-refractivity contribution in [3.05, 3.63) is 23.0 Å². The van der Waals surface area contributed by atoms with Gasteiger partial charge in [0, 0.05) is 17.7 Å². The highest BCUT2D eigenvalue weighted by atomic mass is 16.4. The summed E-state index contributed by atoms with van der Waals surface area (Å²) in [5.74, 6) is -0.778. The highest BCUT2D eigenvalue weighted by Crippen LogP contribution is 2.43. The predicted octanol–water partition coefficient (Wildman–Crippen LogP) is 2.76. The van der Waals surface area contributed by atoms with E-state index in [0.29, 0.717) is 16.7 Å². The zero-order valence-corrected chi connectivity index (χ0v) is 15.0. The first-order chi connectivity index (χ1) is 12.5. The summed E-state index contributed by atoms with van der Waals surface area (Å²) in [4.78, 5) is 28.7. The number of carbonyl (C=O) groups excluding carboxylic acids is 1. The standard InChI is InChI=1S/C19H24N4O3/c1-11-9-14(19(25)26)16-17(12-7-8-12)22-23(18(16)20-11)10-15(24)21-13-5-3-2-4-6-13/h9,12-13H,2-8,10H2,1H3,(H,21,24)(H,25,26). The van der Waals surface area contributed by atoms with Gasteiger partial charge >= 0.3 is 5.97 Å². The van der Waals surface area contributed by atoms with Crippen molar-refractivity contribution < 1.29 is 14.7 Å². The third-order valence-electron chi connectivity index (χ3n) is 5.32. The van der Waals surface area contributed by atoms with E-state index >= 15 is 0 Å². The van der Waals surface area contributed by atoms with E-state index in [0.717, 1.165) is 44.2 Å². The Hall–Kier alpha value is -2.44. The van der Waals surface area contributed by atoms with Gasteiger partial charge in [-0.25, -0.2) is 14.5 Å². The molecule has 1 amide bonds. The number of rotatable bonds is 5. The molecule has 2 fully saturated rings. The highest BCUT2D eigenvalue weighted by molar-refractivity contribution is 6.03. The van der Waals surface area contributed by atoms with Crippen LogP contribution < -0.4 is 5.32 Å². The smallest absolute Gasteiger partial charge is 0.336 e. The van der Waals surface area contributed by atoms with Crippen LogP contribution in [-0.4, -0.2) is 37.8 Å². The number of hydrogen-bond acceptors (Lipinski definition) is 4. The van der Waals surface area contributed by atoms with Crippen molar-refractivity contribution in [2.24, 2.45) is 0 Å². The number of carboxylic acid groups (broad SMARTS) is 1. The van der Waals surface area contributed by atoms with E-state index < -0.39 is 5.97 Å². The maximum absolute atomic E-state index is 12.5. The quantitative estimate of drug-likeness (QED) is 0.858. The van der Waals surface area contributed by atoms with Crippen molar-refractivity contribution in [1.82, 2.24) is 20.1 Å². The number of nitrogens with one attached hydrogen (secondary N) is 1. The van der Waals surface area contributed by atoms with Gasteiger partial charge in [-0.1, -0.05) is 19.3 Å². The average molecular weight is 356 g/mol. The van der Waals surface area contributed by atoms with E-state index in [1.165, 1.54) is 6.42 Å². The molecule has 2 aliphatic carbocycles. The van der Waals surface area contributed by atoms with E-state index in [1.54, 1.807) is 17.7 Å². The molecule has 0 unspecified atom stereocenters. The van der Waals surface area contributed by atoms with Gasteiger partial charge in [-0.05, 0) is 38.7 Å². The molecule has 2 aromatic heterocycles. The molecule has 0 aromatic carbocycles. The molecule has 0 spiro atoms. The van der Waals surface area contributed by atoms with Gasteiger partial charge in [-0.15, -0.1) is 0 Å². The molecule has 2 N–H and O–H groups in total. The molecule has 4 rings (SSSR count). The lowest BCUT2D eigenvalue weighted by Gasteiger charge is -2.22. The van der Waals surface area contributed by atoms with Gasteiger partial charge in [0.25, 0.3) is 0 Å². The first-order valence-corrected chi connectivity index (χ1v) is 9.43. The molecule has 2 aromatic rings. The van der Waals surface area contributed by atoms with Gasteiger partial charge in [0.05, 0.1) is 16.6 Å². The Bertz CT molecular complexity index is 863. The third-order valence-corrected chi connectivity index (χ3v) is 5.32. The molecule has 138 valence electrons. The summed E-state index contributed by atoms with van der Waals surface area (Å²) in [5, 5.41) is 17.9. The Morgan fingerprint density at radius 2 is 1.96 bits per heavy atom. The normalized spacial score (nSPS) is 18.2. The van der Waals surface area contributed by atoms with Gasteiger partial charge in [0.15, 0.2) is 5.65 Å². The maximum atomic E-state index is 12.5. The summed E-state index contributed by atoms with van der Waals surface area (Å²) in [7, 11) is 0. The fraction of sp³-hybridized carbons (Fsp3) is 0.579. The summed E-state index contributed by atoms with van der Waals surface area (Å²) < 4.78 is 1.58. The molecule has 0 radical (unpaired) electrons. The van der Waals surface area contributed by atoms with Gasteiger partial charge in [0.2, 0.25) is 5.91 Å². The molecule has 2 saturated carbocycles. The first-order valence-electron chi connectivity index (χ1n) is 9.43. The number of aromatic carboxylic acids is 1. The van der Waals surface area contributed by atoms with Crippen LogP contribution >= 0.6 is 0 Å². The SMILES string of the molecule is Cc1cc(C(=O)O)c2c(C3CC3)nn(CC(=O)NC3CCCCC3)c2n1. The molecule has 0 atom stereocenters. The molecule has 7 nitrogen and oxygen atoms in total. The number of aromatic nitrogens is 3. The number of hydrogen-bond donors (Lipinski definition) is 2. The second kappa shape index (κ2) is 6.70. The van der Waals surface area contributed by atoms with Crippen LogP contribution in [0.5, 0.6) is 0 Å². The van der Waals surface area contributed by atoms with E-state index in [4.69, 9.17) is 0 Å². The second-order valence-corrected chi connectivity index (χ2v) is 7.53. The fourth-order valence-electron chi connectivity index (χ4n) is 3.90. The van der Waals surface area contributed by atoms with Crippen molar-refractivity contribution >= 4 is 22.9 Å². The van der Waals surface area contributed by atoms with Gasteiger partial charge < -0.3 is 10.4 Å². The number of fused-ring (bicyclic) bond motifs is 1. The molecule has 0 aliphatic heterocycles. The van der Waals surface area contributed by atoms with Crippen LogP contribution in [0.3, 0.4) is 0 Å². The molecule has 2 aliphatic rings. The van der Waals surface area contributed by atoms with Crippen molar-refractivity contribution in [3.63, 3.8) is 0 Å². The maximum Gasteiger partial charge on any atom is 0.336 e. The van der Waals surface area contributed by atoms with Gasteiger partial charge in [-0.2, -0.15) is 5.10 Å². The van der Waals surface area contributed by atoms with Crippen LogP contribution in [0.2, 0.25) is 0 Å². The Morgan fingerprint density at radius 3 is 2.62 bits per heavy atom. The van der Waals surface area contributed by atoms with Crippen molar-refractivity contribution in [2.75, 3.05) is 0 Å². The molecular weight excluding hydrogens is 332 g/mol. The number of nitrogens with zero attached hydrogens (tertiary/aromatic N) is 3. The van der Waals surface area contributed by atoms with E-state index in [9.17, 15) is 14.7 Å². The van der Waals surface area contributed by atoms with Crippen LogP contribution in [0, 0.1) is 6.92 Å². The van der Waals surface area contributed by atoms with Crippen LogP contribution in [0.4, 0.5) is 0 Å². The van der Waals surface area contributed by atoms with Gasteiger partial charge in [0.1, 0.15) is 6.54 Å². The minimum atomic E-state index is -0.978. The largest absolute Gasteiger partial charge is 0.478 e. The second-order valence-electron chi connectivity index (χ2n) is 7.53. The number of carboxylic acids is 1. The molecule has 2 heterocycles. The topological polar surface area (TPSA) is 97.1 Å². The molecule has 0 saturated heterocycles. The number of aryl methyl sites for hydroxylation is 1. The van der Waals surface area contributed by atoms with Crippen LogP contribution in [0.15, 0.2) is 6.07 Å². The summed E-state index contributed by atoms with van der Waals surface area (Å²) >= 11 is 0. The minimum Gasteiger partial charge on any atom is -0.478 e. The van der Waals surface area contributed by atoms with Crippen molar-refractivity contribution in [2.45, 2.75) is 70.4 Å². The number of amides is 1. The lowest BCUT2D eigenvalue weighted by molar-refractivity contribution is -0.122. The van der Waals surface area contributed by atoms with E-state index in [2.05, 4.69) is 15.4 Å². The Morgan fingerprint density at radius 1 is 1.23 bits per heavy atom. The fourth-order valence-corrected chi connectivity index (χ4v) is 3.90. The van der Waals surface area contributed by atoms with Crippen molar-refractivity contribution in [3.8, 4) is 0 Å². The monoisotopic (exact) mass is 356 g/mol. The molecule has 0 bridgehead atoms. The minimum absolute atomic E-state index is 0.0786. The highest BCUT2D eigenvalue weighted by Gasteiger charge is 2.32. The van der Waals surface area contributed by atoms with E-state index in [1.807, 2.05) is 0 Å². The summed E-state index contributed by atoms with van der Waals surface area (Å²) in [5.41, 5.74) is 2.12. The number of pyridine rings is 1. The predicted molar refractivity (Wildman–Crippen MR) is 96.2 cm³/mol. The Kier molecular flexibility index (Phi) is 4.38. The third kappa shape index (κ3) is 3.30. The lowest BCUT2D eigenvalue weighted by atomic mass is 9.95. The Labute approximate surface area is 151 Å². The zero-order chi connectivity index (χ0) is 18.3. The lowest BCUT2D eigenvalue weighted by Crippen LogP contribution is -2.38. The molecule has 26 heavy (non-hydrogen) atoms. The van der Waals surface area contributed by atoms with Crippen LogP contribution in [0.25, 0.3) is 11.0 Å².